The maximum atomic E-state index is 12.1. The molecule has 1 N–H and O–H groups in total. The van der Waals surface area contributed by atoms with Crippen LogP contribution in [0.15, 0.2) is 24.4 Å². The van der Waals surface area contributed by atoms with Gasteiger partial charge in [-0.25, -0.2) is 0 Å². The quantitative estimate of drug-likeness (QED) is 0.887. The van der Waals surface area contributed by atoms with Gasteiger partial charge in [0.15, 0.2) is 0 Å². The summed E-state index contributed by atoms with van der Waals surface area (Å²) in [6.07, 6.45) is 2.73. The molecule has 2 heterocycles. The number of carbonyl (C=O) groups excluding carboxylic acids is 2. The van der Waals surface area contributed by atoms with Crippen LogP contribution >= 0.6 is 0 Å². The number of rotatable bonds is 3. The Balaban J connectivity index is 1.93. The van der Waals surface area contributed by atoms with Crippen molar-refractivity contribution in [3.05, 3.63) is 30.1 Å². The second kappa shape index (κ2) is 5.82. The number of hydrogen-bond donors (Lipinski definition) is 1. The molecule has 1 aromatic heterocycles. The Kier molecular flexibility index (Phi) is 4.14. The number of aromatic nitrogens is 1. The van der Waals surface area contributed by atoms with E-state index < -0.39 is 0 Å². The minimum absolute atomic E-state index is 0.0388. The van der Waals surface area contributed by atoms with Gasteiger partial charge in [0.25, 0.3) is 0 Å². The number of pyridine rings is 1. The zero-order chi connectivity index (χ0) is 13.8. The Labute approximate surface area is 113 Å². The van der Waals surface area contributed by atoms with Gasteiger partial charge < -0.3 is 10.2 Å². The molecule has 0 saturated carbocycles. The predicted octanol–water partition coefficient (Wildman–Crippen LogP) is 1.13. The monoisotopic (exact) mass is 261 g/mol. The smallest absolute Gasteiger partial charge is 0.224 e. The van der Waals surface area contributed by atoms with Gasteiger partial charge in [0.05, 0.1) is 11.7 Å². The van der Waals surface area contributed by atoms with Crippen molar-refractivity contribution in [3.8, 4) is 0 Å². The van der Waals surface area contributed by atoms with Crippen LogP contribution in [0.1, 0.15) is 31.5 Å². The van der Waals surface area contributed by atoms with E-state index in [0.29, 0.717) is 13.0 Å². The average Bonchev–Trinajstić information content (AvgIpc) is 2.42. The van der Waals surface area contributed by atoms with Crippen molar-refractivity contribution in [1.29, 1.82) is 0 Å². The molecule has 0 radical (unpaired) electrons. The fourth-order valence-corrected chi connectivity index (χ4v) is 2.20. The minimum Gasteiger partial charge on any atom is -0.348 e. The van der Waals surface area contributed by atoms with E-state index in [1.807, 2.05) is 25.1 Å². The van der Waals surface area contributed by atoms with Gasteiger partial charge in [-0.2, -0.15) is 0 Å². The number of hydrogen-bond acceptors (Lipinski definition) is 3. The van der Waals surface area contributed by atoms with Gasteiger partial charge in [-0.1, -0.05) is 6.07 Å². The maximum Gasteiger partial charge on any atom is 0.224 e. The van der Waals surface area contributed by atoms with Gasteiger partial charge in [-0.3, -0.25) is 14.6 Å². The van der Waals surface area contributed by atoms with E-state index in [2.05, 4.69) is 10.3 Å². The van der Waals surface area contributed by atoms with Crippen LogP contribution in [0, 0.1) is 5.92 Å². The predicted molar refractivity (Wildman–Crippen MR) is 71.2 cm³/mol. The molecule has 0 spiro atoms. The first-order chi connectivity index (χ1) is 9.08. The molecule has 1 aliphatic rings. The first kappa shape index (κ1) is 13.5. The summed E-state index contributed by atoms with van der Waals surface area (Å²) in [5, 5.41) is 2.93. The van der Waals surface area contributed by atoms with Crippen molar-refractivity contribution in [1.82, 2.24) is 15.2 Å². The minimum atomic E-state index is -0.213. The lowest BCUT2D eigenvalue weighted by Crippen LogP contribution is -2.42. The van der Waals surface area contributed by atoms with Crippen LogP contribution in [0.4, 0.5) is 0 Å². The van der Waals surface area contributed by atoms with Crippen molar-refractivity contribution in [3.63, 3.8) is 0 Å². The van der Waals surface area contributed by atoms with Crippen molar-refractivity contribution in [2.75, 3.05) is 13.6 Å². The van der Waals surface area contributed by atoms with Crippen LogP contribution in [0.5, 0.6) is 0 Å². The number of amides is 2. The van der Waals surface area contributed by atoms with Gasteiger partial charge in [-0.15, -0.1) is 0 Å². The van der Waals surface area contributed by atoms with E-state index in [9.17, 15) is 9.59 Å². The van der Waals surface area contributed by atoms with E-state index >= 15 is 0 Å². The Morgan fingerprint density at radius 1 is 1.53 bits per heavy atom. The zero-order valence-electron chi connectivity index (χ0n) is 11.3. The zero-order valence-corrected chi connectivity index (χ0v) is 11.3. The lowest BCUT2D eigenvalue weighted by Gasteiger charge is -2.28. The molecule has 1 saturated heterocycles. The summed E-state index contributed by atoms with van der Waals surface area (Å²) < 4.78 is 0. The average molecular weight is 261 g/mol. The molecule has 0 aliphatic carbocycles. The Morgan fingerprint density at radius 3 is 2.95 bits per heavy atom. The summed E-state index contributed by atoms with van der Waals surface area (Å²) >= 11 is 0. The van der Waals surface area contributed by atoms with Gasteiger partial charge in [0.1, 0.15) is 0 Å². The lowest BCUT2D eigenvalue weighted by molar-refractivity contribution is -0.139. The first-order valence-electron chi connectivity index (χ1n) is 6.53. The molecule has 2 amide bonds. The Bertz CT molecular complexity index is 461. The third-order valence-electron chi connectivity index (χ3n) is 3.52. The topological polar surface area (TPSA) is 62.3 Å². The van der Waals surface area contributed by atoms with Crippen LogP contribution in [-0.2, 0) is 9.59 Å². The van der Waals surface area contributed by atoms with E-state index in [1.165, 1.54) is 0 Å². The molecule has 5 nitrogen and oxygen atoms in total. The summed E-state index contributed by atoms with van der Waals surface area (Å²) in [7, 11) is 1.77. The molecule has 102 valence electrons. The normalized spacial score (nSPS) is 21.1. The standard InChI is InChI=1S/C14H19N3O2/c1-10(12-5-3-4-7-15-12)16-14(19)11-6-8-17(2)13(18)9-11/h3-5,7,10-11H,6,8-9H2,1-2H3,(H,16,19)/t10-,11+/m1/s1. The number of likely N-dealkylation sites (tertiary alicyclic amines) is 1. The SMILES string of the molecule is C[C@@H](NC(=O)[C@H]1CCN(C)C(=O)C1)c1ccccn1. The molecule has 5 heteroatoms. The second-order valence-electron chi connectivity index (χ2n) is 4.99. The van der Waals surface area contributed by atoms with Crippen LogP contribution in [0.3, 0.4) is 0 Å². The molecule has 1 aliphatic heterocycles. The molecule has 0 bridgehead atoms. The summed E-state index contributed by atoms with van der Waals surface area (Å²) in [5.41, 5.74) is 0.829. The van der Waals surface area contributed by atoms with Crippen molar-refractivity contribution < 1.29 is 9.59 Å². The number of nitrogens with one attached hydrogen (secondary N) is 1. The van der Waals surface area contributed by atoms with E-state index in [0.717, 1.165) is 12.1 Å². The largest absolute Gasteiger partial charge is 0.348 e. The molecular weight excluding hydrogens is 242 g/mol. The first-order valence-corrected chi connectivity index (χ1v) is 6.53. The highest BCUT2D eigenvalue weighted by molar-refractivity contribution is 5.87. The molecule has 1 aromatic rings. The van der Waals surface area contributed by atoms with Crippen LogP contribution in [0.25, 0.3) is 0 Å². The highest BCUT2D eigenvalue weighted by atomic mass is 16.2. The van der Waals surface area contributed by atoms with E-state index in [1.54, 1.807) is 18.1 Å². The molecule has 0 aromatic carbocycles. The summed E-state index contributed by atoms with van der Waals surface area (Å²) in [6, 6.07) is 5.48. The number of piperidine rings is 1. The molecule has 19 heavy (non-hydrogen) atoms. The van der Waals surface area contributed by atoms with Crippen LogP contribution in [0.2, 0.25) is 0 Å². The highest BCUT2D eigenvalue weighted by Crippen LogP contribution is 2.19. The fourth-order valence-electron chi connectivity index (χ4n) is 2.20. The molecule has 1 fully saturated rings. The maximum absolute atomic E-state index is 12.1. The van der Waals surface area contributed by atoms with Crippen molar-refractivity contribution in [2.45, 2.75) is 25.8 Å². The number of carbonyl (C=O) groups is 2. The summed E-state index contributed by atoms with van der Waals surface area (Å²) in [6.45, 7) is 2.55. The van der Waals surface area contributed by atoms with Crippen molar-refractivity contribution >= 4 is 11.8 Å². The van der Waals surface area contributed by atoms with Crippen LogP contribution < -0.4 is 5.32 Å². The third kappa shape index (κ3) is 3.30. The van der Waals surface area contributed by atoms with Gasteiger partial charge >= 0.3 is 0 Å². The summed E-state index contributed by atoms with van der Waals surface area (Å²) in [4.78, 5) is 29.6. The molecule has 0 unspecified atom stereocenters. The van der Waals surface area contributed by atoms with Crippen molar-refractivity contribution in [2.24, 2.45) is 5.92 Å². The molecule has 2 atom stereocenters. The molecule has 2 rings (SSSR count). The Hall–Kier alpha value is -1.91. The van der Waals surface area contributed by atoms with Crippen LogP contribution in [-0.4, -0.2) is 35.3 Å². The molecular formula is C14H19N3O2. The van der Waals surface area contributed by atoms with E-state index in [4.69, 9.17) is 0 Å². The lowest BCUT2D eigenvalue weighted by atomic mass is 9.95. The Morgan fingerprint density at radius 2 is 2.32 bits per heavy atom. The third-order valence-corrected chi connectivity index (χ3v) is 3.52. The number of nitrogens with zero attached hydrogens (tertiary/aromatic N) is 2. The van der Waals surface area contributed by atoms with E-state index in [-0.39, 0.29) is 23.8 Å². The fraction of sp³-hybridized carbons (Fsp3) is 0.500. The van der Waals surface area contributed by atoms with Gasteiger partial charge in [0, 0.05) is 32.1 Å². The second-order valence-corrected chi connectivity index (χ2v) is 4.99. The van der Waals surface area contributed by atoms with Gasteiger partial charge in [-0.05, 0) is 25.5 Å². The highest BCUT2D eigenvalue weighted by Gasteiger charge is 2.29. The summed E-state index contributed by atoms with van der Waals surface area (Å²) in [5.74, 6) is -0.230. The van der Waals surface area contributed by atoms with Gasteiger partial charge in [0.2, 0.25) is 11.8 Å².